The fourth-order valence-electron chi connectivity index (χ4n) is 7.57. The Bertz CT molecular complexity index is 4120. The molecule has 8 aromatic carbocycles. The molecule has 0 N–H and O–H groups in total. The molecule has 0 saturated carbocycles. The van der Waals surface area contributed by atoms with Gasteiger partial charge in [0.05, 0.1) is 24.7 Å². The molecule has 0 aliphatic rings. The molecule has 0 aliphatic carbocycles. The van der Waals surface area contributed by atoms with E-state index >= 15 is 0 Å². The number of para-hydroxylation sites is 2. The van der Waals surface area contributed by atoms with E-state index in [0.29, 0.717) is 16.5 Å². The first-order valence-corrected chi connectivity index (χ1v) is 19.0. The molecule has 0 bridgehead atoms. The van der Waals surface area contributed by atoms with Gasteiger partial charge in [0, 0.05) is 70.1 Å². The van der Waals surface area contributed by atoms with Crippen LogP contribution in [0.3, 0.4) is 0 Å². The van der Waals surface area contributed by atoms with Crippen LogP contribution in [-0.4, -0.2) is 19.5 Å². The van der Waals surface area contributed by atoms with Gasteiger partial charge < -0.3 is 8.98 Å². The second kappa shape index (κ2) is 12.6. The highest BCUT2D eigenvalue weighted by molar-refractivity contribution is 7.25. The Morgan fingerprint density at radius 3 is 1.93 bits per heavy atom. The van der Waals surface area contributed by atoms with Crippen molar-refractivity contribution >= 4 is 75.3 Å². The third-order valence-corrected chi connectivity index (χ3v) is 11.4. The number of nitrogens with zero attached hydrogens (tertiary/aromatic N) is 4. The maximum absolute atomic E-state index is 9.59. The molecule has 57 heavy (non-hydrogen) atoms. The lowest BCUT2D eigenvalue weighted by atomic mass is 10.0. The van der Waals surface area contributed by atoms with Crippen LogP contribution in [0.1, 0.15) is 13.7 Å². The summed E-state index contributed by atoms with van der Waals surface area (Å²) in [5.74, 6) is 0.531. The molecule has 4 aromatic heterocycles. The Labute approximate surface area is 344 Å². The highest BCUT2D eigenvalue weighted by atomic mass is 32.1. The number of hydrogen-bond acceptors (Lipinski definition) is 5. The average Bonchev–Trinajstić information content (AvgIpc) is 4.03. The fourth-order valence-corrected chi connectivity index (χ4v) is 8.75. The van der Waals surface area contributed by atoms with Crippen molar-refractivity contribution in [3.63, 3.8) is 0 Å². The molecule has 12 aromatic rings. The number of aromatic nitrogens is 4. The zero-order valence-electron chi connectivity index (χ0n) is 39.7. The van der Waals surface area contributed by atoms with E-state index < -0.39 is 0 Å². The summed E-state index contributed by atoms with van der Waals surface area (Å²) in [6, 6.07) is 34.8. The molecule has 0 atom stereocenters. The van der Waals surface area contributed by atoms with E-state index in [1.165, 1.54) is 22.8 Å². The average molecular weight is 757 g/mol. The van der Waals surface area contributed by atoms with Crippen molar-refractivity contribution in [2.75, 3.05) is 0 Å². The van der Waals surface area contributed by atoms with Crippen LogP contribution < -0.4 is 0 Å². The van der Waals surface area contributed by atoms with Gasteiger partial charge in [-0.05, 0) is 59.6 Å². The van der Waals surface area contributed by atoms with Crippen LogP contribution in [0, 0.1) is 0 Å². The summed E-state index contributed by atoms with van der Waals surface area (Å²) >= 11 is 1.65. The molecule has 0 spiro atoms. The van der Waals surface area contributed by atoms with Gasteiger partial charge in [-0.15, -0.1) is 11.3 Å². The van der Waals surface area contributed by atoms with E-state index in [1.807, 2.05) is 66.7 Å². The zero-order valence-corrected chi connectivity index (χ0v) is 30.5. The SMILES string of the molecule is [2H]c1cc2c(c([2H])c1[2H])c1ccc([2H])c([2H])c1n2-c1cc([2H])c2c(oc3c([2H])c(-c4nc(-c5ccccc5)nc(-c5ccc6c(c5)sc5cc(-c7ccccc7)ccc56)n4)c([2H])c([2H])c32)c1[2H]. The number of benzene rings is 8. The summed E-state index contributed by atoms with van der Waals surface area (Å²) in [5.41, 5.74) is 3.55. The standard InChI is InChI=1S/C51H30N4OS/c1-3-11-31(12-4-1)33-19-24-41-42-25-21-35(29-48(42)57-47(41)28-33)51-53-49(32-13-5-2-6-14-32)52-50(54-51)34-20-23-39-40-26-22-36(30-46(40)56-45(39)27-34)55-43-17-9-7-15-37(43)38-16-8-10-18-44(38)55/h1-30H/i7D,9D,10D,15D,18D,20D,23D,26D,27D,30D. The Hall–Kier alpha value is -7.41. The summed E-state index contributed by atoms with van der Waals surface area (Å²) in [6.45, 7) is 0. The summed E-state index contributed by atoms with van der Waals surface area (Å²) in [4.78, 5) is 14.6. The third kappa shape index (κ3) is 5.19. The van der Waals surface area contributed by atoms with Crippen molar-refractivity contribution in [3.05, 3.63) is 182 Å². The van der Waals surface area contributed by atoms with Crippen molar-refractivity contribution in [1.82, 2.24) is 19.5 Å². The molecular formula is C51H30N4OS. The molecule has 0 amide bonds. The minimum absolute atomic E-state index is 0.0143. The lowest BCUT2D eigenvalue weighted by Crippen LogP contribution is -2.00. The van der Waals surface area contributed by atoms with Gasteiger partial charge in [-0.1, -0.05) is 127 Å². The van der Waals surface area contributed by atoms with E-state index in [0.717, 1.165) is 31.3 Å². The van der Waals surface area contributed by atoms with Crippen molar-refractivity contribution in [2.45, 2.75) is 0 Å². The first-order chi connectivity index (χ1) is 32.4. The second-order valence-corrected chi connectivity index (χ2v) is 14.7. The summed E-state index contributed by atoms with van der Waals surface area (Å²) in [7, 11) is 0. The molecule has 266 valence electrons. The largest absolute Gasteiger partial charge is 0.456 e. The smallest absolute Gasteiger partial charge is 0.164 e. The van der Waals surface area contributed by atoms with Crippen LogP contribution in [0.15, 0.2) is 186 Å². The molecule has 5 nitrogen and oxygen atoms in total. The third-order valence-electron chi connectivity index (χ3n) is 10.3. The molecule has 4 heterocycles. The van der Waals surface area contributed by atoms with Gasteiger partial charge in [0.2, 0.25) is 0 Å². The van der Waals surface area contributed by atoms with E-state index in [1.54, 1.807) is 17.4 Å². The maximum Gasteiger partial charge on any atom is 0.164 e. The van der Waals surface area contributed by atoms with Crippen LogP contribution in [0.5, 0.6) is 0 Å². The Kier molecular flexibility index (Phi) is 5.18. The predicted molar refractivity (Wildman–Crippen MR) is 236 cm³/mol. The fraction of sp³-hybridized carbons (Fsp3) is 0. The monoisotopic (exact) mass is 756 g/mol. The maximum atomic E-state index is 9.59. The van der Waals surface area contributed by atoms with Crippen molar-refractivity contribution in [1.29, 1.82) is 0 Å². The zero-order chi connectivity index (χ0) is 46.2. The van der Waals surface area contributed by atoms with Crippen LogP contribution >= 0.6 is 11.3 Å². The molecule has 0 saturated heterocycles. The van der Waals surface area contributed by atoms with Crippen molar-refractivity contribution < 1.29 is 18.1 Å². The molecular weight excluding hydrogens is 717 g/mol. The van der Waals surface area contributed by atoms with Gasteiger partial charge >= 0.3 is 0 Å². The van der Waals surface area contributed by atoms with Gasteiger partial charge in [0.25, 0.3) is 0 Å². The van der Waals surface area contributed by atoms with E-state index in [9.17, 15) is 6.85 Å². The molecule has 0 aliphatic heterocycles. The first kappa shape index (κ1) is 23.5. The quantitative estimate of drug-likeness (QED) is 0.175. The second-order valence-electron chi connectivity index (χ2n) is 13.6. The predicted octanol–water partition coefficient (Wildman–Crippen LogP) is 13.9. The Morgan fingerprint density at radius 1 is 0.439 bits per heavy atom. The van der Waals surface area contributed by atoms with E-state index in [-0.39, 0.29) is 128 Å². The Morgan fingerprint density at radius 2 is 1.12 bits per heavy atom. The van der Waals surface area contributed by atoms with Gasteiger partial charge in [0.15, 0.2) is 17.5 Å². The minimum atomic E-state index is -0.387. The molecule has 12 rings (SSSR count). The van der Waals surface area contributed by atoms with Gasteiger partial charge in [-0.2, -0.15) is 0 Å². The molecule has 6 heteroatoms. The van der Waals surface area contributed by atoms with Crippen molar-refractivity contribution in [2.24, 2.45) is 0 Å². The molecule has 0 unspecified atom stereocenters. The van der Waals surface area contributed by atoms with Crippen LogP contribution in [-0.2, 0) is 0 Å². The number of rotatable bonds is 5. The summed E-state index contributed by atoms with van der Waals surface area (Å²) in [6.07, 6.45) is 0. The number of hydrogen-bond donors (Lipinski definition) is 0. The van der Waals surface area contributed by atoms with Crippen LogP contribution in [0.2, 0.25) is 0 Å². The molecule has 0 radical (unpaired) electrons. The lowest BCUT2D eigenvalue weighted by molar-refractivity contribution is 0.668. The minimum Gasteiger partial charge on any atom is -0.456 e. The highest BCUT2D eigenvalue weighted by Gasteiger charge is 2.18. The first-order valence-electron chi connectivity index (χ1n) is 23.2. The van der Waals surface area contributed by atoms with Gasteiger partial charge in [-0.3, -0.25) is 0 Å². The van der Waals surface area contributed by atoms with Crippen molar-refractivity contribution in [3.8, 4) is 51.0 Å². The molecule has 0 fully saturated rings. The topological polar surface area (TPSA) is 56.7 Å². The van der Waals surface area contributed by atoms with Crippen LogP contribution in [0.4, 0.5) is 0 Å². The van der Waals surface area contributed by atoms with Gasteiger partial charge in [-0.25, -0.2) is 15.0 Å². The summed E-state index contributed by atoms with van der Waals surface area (Å²) in [5, 5.41) is 2.82. The van der Waals surface area contributed by atoms with Gasteiger partial charge in [0.1, 0.15) is 11.2 Å². The van der Waals surface area contributed by atoms with Crippen LogP contribution in [0.25, 0.3) is 115 Å². The highest BCUT2D eigenvalue weighted by Crippen LogP contribution is 2.40. The normalized spacial score (nSPS) is 14.3. The summed E-state index contributed by atoms with van der Waals surface area (Å²) < 4.78 is 100. The Balaban J connectivity index is 1.06. The number of thiophene rings is 1. The lowest BCUT2D eigenvalue weighted by Gasteiger charge is -2.08. The number of fused-ring (bicyclic) bond motifs is 9. The van der Waals surface area contributed by atoms with E-state index in [2.05, 4.69) is 30.3 Å². The van der Waals surface area contributed by atoms with E-state index in [4.69, 9.17) is 26.2 Å². The number of furan rings is 1.